The number of hydrogen-bond acceptors (Lipinski definition) is 4. The minimum atomic E-state index is -0.235. The molecule has 3 aromatic rings. The maximum Gasteiger partial charge on any atom is 0.143 e. The van der Waals surface area contributed by atoms with E-state index >= 15 is 0 Å². The van der Waals surface area contributed by atoms with Gasteiger partial charge >= 0.3 is 0 Å². The van der Waals surface area contributed by atoms with Crippen LogP contribution in [-0.4, -0.2) is 22.7 Å². The number of aromatic nitrogens is 2. The first-order valence-electron chi connectivity index (χ1n) is 10.7. The number of Topliss-reactive ketones (excluding diaryl/α,β-unsaturated/α-hetero) is 1. The number of rotatable bonds is 3. The molecule has 2 aliphatic rings. The molecule has 0 unspecified atom stereocenters. The van der Waals surface area contributed by atoms with Crippen LogP contribution in [0.2, 0.25) is 0 Å². The number of benzene rings is 2. The highest BCUT2D eigenvalue weighted by Crippen LogP contribution is 2.50. The van der Waals surface area contributed by atoms with E-state index < -0.39 is 0 Å². The number of ether oxygens (including phenoxy) is 1. The quantitative estimate of drug-likeness (QED) is 0.637. The van der Waals surface area contributed by atoms with Crippen LogP contribution >= 0.6 is 0 Å². The van der Waals surface area contributed by atoms with Crippen molar-refractivity contribution in [3.8, 4) is 11.4 Å². The number of nitrogens with one attached hydrogen (secondary N) is 1. The molecule has 0 saturated carbocycles. The molecule has 2 atom stereocenters. The number of para-hydroxylation sites is 1. The van der Waals surface area contributed by atoms with Gasteiger partial charge in [-0.1, -0.05) is 50.3 Å². The average Bonchev–Trinajstić information content (AvgIpc) is 3.08. The van der Waals surface area contributed by atoms with Crippen molar-refractivity contribution in [3.05, 3.63) is 83.2 Å². The van der Waals surface area contributed by atoms with Crippen LogP contribution in [0.4, 0.5) is 5.82 Å². The number of carbonyl (C=O) groups excluding carboxylic acids is 1. The molecule has 0 saturated heterocycles. The SMILES string of the molecule is COc1ccc([C@H]2c3c(C)nn(-c4ccccc4)c3NC3=CC(C)(C)CC(=O)[C@@H]32)cc1. The Morgan fingerprint density at radius 2 is 1.77 bits per heavy atom. The summed E-state index contributed by atoms with van der Waals surface area (Å²) in [6.07, 6.45) is 2.77. The van der Waals surface area contributed by atoms with Gasteiger partial charge in [0.15, 0.2) is 0 Å². The highest BCUT2D eigenvalue weighted by Gasteiger charge is 2.46. The van der Waals surface area contributed by atoms with Crippen LogP contribution in [0, 0.1) is 18.3 Å². The molecule has 0 spiro atoms. The van der Waals surface area contributed by atoms with E-state index in [2.05, 4.69) is 37.4 Å². The molecule has 2 heterocycles. The third-order valence-electron chi connectivity index (χ3n) is 6.35. The van der Waals surface area contributed by atoms with E-state index in [1.807, 2.05) is 54.1 Å². The lowest BCUT2D eigenvalue weighted by Crippen LogP contribution is -2.39. The Balaban J connectivity index is 1.74. The average molecular weight is 414 g/mol. The molecule has 1 aliphatic heterocycles. The standard InChI is InChI=1S/C26H27N3O2/c1-16-22-23(17-10-12-19(31-4)13-11-17)24-20(14-26(2,3)15-21(24)30)27-25(22)29(28-16)18-8-6-5-7-9-18/h5-14,23-24,27H,15H2,1-4H3/t23-,24+/m0/s1. The van der Waals surface area contributed by atoms with Crippen LogP contribution < -0.4 is 10.1 Å². The molecule has 0 fully saturated rings. The lowest BCUT2D eigenvalue weighted by atomic mass is 9.67. The third-order valence-corrected chi connectivity index (χ3v) is 6.35. The van der Waals surface area contributed by atoms with Crippen molar-refractivity contribution in [1.29, 1.82) is 0 Å². The van der Waals surface area contributed by atoms with Crippen molar-refractivity contribution in [2.75, 3.05) is 12.4 Å². The topological polar surface area (TPSA) is 56.1 Å². The van der Waals surface area contributed by atoms with Crippen molar-refractivity contribution in [1.82, 2.24) is 9.78 Å². The first kappa shape index (κ1) is 19.6. The van der Waals surface area contributed by atoms with Crippen molar-refractivity contribution in [2.45, 2.75) is 33.1 Å². The molecule has 5 nitrogen and oxygen atoms in total. The summed E-state index contributed by atoms with van der Waals surface area (Å²) in [5, 5.41) is 8.49. The summed E-state index contributed by atoms with van der Waals surface area (Å²) < 4.78 is 7.32. The maximum absolute atomic E-state index is 13.4. The number of methoxy groups -OCH3 is 1. The Labute approximate surface area is 182 Å². The Morgan fingerprint density at radius 1 is 1.06 bits per heavy atom. The molecule has 0 amide bonds. The number of aryl methyl sites for hydroxylation is 1. The molecule has 5 heteroatoms. The van der Waals surface area contributed by atoms with E-state index in [1.165, 1.54) is 0 Å². The summed E-state index contributed by atoms with van der Waals surface area (Å²) in [6, 6.07) is 18.2. The van der Waals surface area contributed by atoms with Crippen LogP contribution in [0.25, 0.3) is 5.69 Å². The van der Waals surface area contributed by atoms with E-state index in [0.29, 0.717) is 6.42 Å². The van der Waals surface area contributed by atoms with Gasteiger partial charge in [0.2, 0.25) is 0 Å². The molecule has 31 heavy (non-hydrogen) atoms. The number of fused-ring (bicyclic) bond motifs is 2. The van der Waals surface area contributed by atoms with Gasteiger partial charge in [0.1, 0.15) is 17.4 Å². The lowest BCUT2D eigenvalue weighted by Gasteiger charge is -2.40. The summed E-state index contributed by atoms with van der Waals surface area (Å²) in [6.45, 7) is 6.27. The van der Waals surface area contributed by atoms with Gasteiger partial charge in [0.25, 0.3) is 0 Å². The van der Waals surface area contributed by atoms with Crippen molar-refractivity contribution in [3.63, 3.8) is 0 Å². The van der Waals surface area contributed by atoms with Crippen LogP contribution in [0.15, 0.2) is 66.4 Å². The number of allylic oxidation sites excluding steroid dienone is 2. The van der Waals surface area contributed by atoms with Crippen LogP contribution in [0.3, 0.4) is 0 Å². The highest BCUT2D eigenvalue weighted by atomic mass is 16.5. The monoisotopic (exact) mass is 413 g/mol. The van der Waals surface area contributed by atoms with Crippen molar-refractivity contribution < 1.29 is 9.53 Å². The molecule has 1 aromatic heterocycles. The molecular weight excluding hydrogens is 386 g/mol. The second-order valence-electron chi connectivity index (χ2n) is 9.18. The summed E-state index contributed by atoms with van der Waals surface area (Å²) in [5.41, 5.74) is 4.92. The summed E-state index contributed by atoms with van der Waals surface area (Å²) >= 11 is 0. The Hall–Kier alpha value is -3.34. The van der Waals surface area contributed by atoms with Gasteiger partial charge in [0.05, 0.1) is 24.4 Å². The van der Waals surface area contributed by atoms with Gasteiger partial charge in [-0.2, -0.15) is 5.10 Å². The minimum Gasteiger partial charge on any atom is -0.497 e. The second-order valence-corrected chi connectivity index (χ2v) is 9.18. The molecule has 2 aromatic carbocycles. The molecule has 0 bridgehead atoms. The molecule has 158 valence electrons. The predicted molar refractivity (Wildman–Crippen MR) is 122 cm³/mol. The lowest BCUT2D eigenvalue weighted by molar-refractivity contribution is -0.124. The Bertz CT molecular complexity index is 1170. The van der Waals surface area contributed by atoms with Gasteiger partial charge in [-0.3, -0.25) is 4.79 Å². The fourth-order valence-electron chi connectivity index (χ4n) is 5.04. The number of nitrogens with zero attached hydrogens (tertiary/aromatic N) is 2. The number of carbonyl (C=O) groups is 1. The largest absolute Gasteiger partial charge is 0.497 e. The first-order valence-corrected chi connectivity index (χ1v) is 10.7. The number of ketones is 1. The van der Waals surface area contributed by atoms with Crippen molar-refractivity contribution >= 4 is 11.6 Å². The predicted octanol–water partition coefficient (Wildman–Crippen LogP) is 5.25. The van der Waals surface area contributed by atoms with Gasteiger partial charge in [-0.25, -0.2) is 4.68 Å². The highest BCUT2D eigenvalue weighted by molar-refractivity contribution is 5.90. The maximum atomic E-state index is 13.4. The fourth-order valence-corrected chi connectivity index (χ4v) is 5.04. The minimum absolute atomic E-state index is 0.0885. The summed E-state index contributed by atoms with van der Waals surface area (Å²) in [7, 11) is 1.67. The van der Waals surface area contributed by atoms with Crippen LogP contribution in [0.5, 0.6) is 5.75 Å². The van der Waals surface area contributed by atoms with Crippen molar-refractivity contribution in [2.24, 2.45) is 11.3 Å². The molecule has 5 rings (SSSR count). The van der Waals surface area contributed by atoms with E-state index in [1.54, 1.807) is 7.11 Å². The number of anilines is 1. The smallest absolute Gasteiger partial charge is 0.143 e. The van der Waals surface area contributed by atoms with E-state index in [-0.39, 0.29) is 23.0 Å². The third kappa shape index (κ3) is 3.25. The molecule has 1 N–H and O–H groups in total. The second kappa shape index (κ2) is 7.12. The summed E-state index contributed by atoms with van der Waals surface area (Å²) in [4.78, 5) is 13.4. The first-order chi connectivity index (χ1) is 14.9. The normalized spacial score (nSPS) is 21.5. The number of hydrogen-bond donors (Lipinski definition) is 1. The van der Waals surface area contributed by atoms with Gasteiger partial charge in [0, 0.05) is 23.6 Å². The molecule has 0 radical (unpaired) electrons. The Morgan fingerprint density at radius 3 is 2.45 bits per heavy atom. The zero-order valence-electron chi connectivity index (χ0n) is 18.3. The zero-order chi connectivity index (χ0) is 21.8. The molecular formula is C26H27N3O2. The summed E-state index contributed by atoms with van der Waals surface area (Å²) in [5.74, 6) is 1.70. The van der Waals surface area contributed by atoms with Gasteiger partial charge in [-0.15, -0.1) is 0 Å². The van der Waals surface area contributed by atoms with Gasteiger partial charge < -0.3 is 10.1 Å². The van der Waals surface area contributed by atoms with E-state index in [9.17, 15) is 4.79 Å². The van der Waals surface area contributed by atoms with E-state index in [0.717, 1.165) is 39.8 Å². The fraction of sp³-hybridized carbons (Fsp3) is 0.308. The van der Waals surface area contributed by atoms with Gasteiger partial charge in [-0.05, 0) is 42.2 Å². The van der Waals surface area contributed by atoms with Crippen LogP contribution in [0.1, 0.15) is 43.0 Å². The van der Waals surface area contributed by atoms with Crippen LogP contribution in [-0.2, 0) is 4.79 Å². The molecule has 1 aliphatic carbocycles. The van der Waals surface area contributed by atoms with E-state index in [4.69, 9.17) is 9.84 Å². The zero-order valence-corrected chi connectivity index (χ0v) is 18.3. The Kier molecular flexibility index (Phi) is 4.50.